The Kier molecular flexibility index (Phi) is 5.55. The van der Waals surface area contributed by atoms with Gasteiger partial charge in [-0.15, -0.1) is 0 Å². The molecule has 4 rings (SSSR count). The molecule has 0 saturated carbocycles. The smallest absolute Gasteiger partial charge is 0.253 e. The molecule has 1 unspecified atom stereocenters. The molecule has 148 valence electrons. The van der Waals surface area contributed by atoms with Crippen LogP contribution in [0.2, 0.25) is 5.02 Å². The fourth-order valence-corrected chi connectivity index (χ4v) is 3.97. The van der Waals surface area contributed by atoms with Crippen molar-refractivity contribution < 1.29 is 9.21 Å². The van der Waals surface area contributed by atoms with Gasteiger partial charge in [-0.1, -0.05) is 35.5 Å². The van der Waals surface area contributed by atoms with Crippen molar-refractivity contribution in [3.8, 4) is 0 Å². The van der Waals surface area contributed by atoms with E-state index < -0.39 is 0 Å². The maximum absolute atomic E-state index is 13.0. The third kappa shape index (κ3) is 4.44. The minimum Gasteiger partial charge on any atom is -0.467 e. The van der Waals surface area contributed by atoms with Crippen molar-refractivity contribution in [2.24, 2.45) is 5.10 Å². The highest BCUT2D eigenvalue weighted by Crippen LogP contribution is 2.34. The average Bonchev–Trinajstić information content (AvgIpc) is 3.35. The zero-order valence-electron chi connectivity index (χ0n) is 15.6. The molecule has 7 nitrogen and oxygen atoms in total. The number of halogens is 1. The molecule has 0 radical (unpaired) electrons. The molecule has 0 bridgehead atoms. The van der Waals surface area contributed by atoms with E-state index in [0.29, 0.717) is 28.2 Å². The maximum atomic E-state index is 13.0. The van der Waals surface area contributed by atoms with Gasteiger partial charge in [0.2, 0.25) is 0 Å². The van der Waals surface area contributed by atoms with Gasteiger partial charge in [0, 0.05) is 23.2 Å². The van der Waals surface area contributed by atoms with Gasteiger partial charge in [0.15, 0.2) is 5.16 Å². The van der Waals surface area contributed by atoms with Crippen molar-refractivity contribution in [2.75, 3.05) is 11.5 Å². The lowest BCUT2D eigenvalue weighted by Crippen LogP contribution is -2.28. The van der Waals surface area contributed by atoms with Crippen LogP contribution in [0.15, 0.2) is 63.4 Å². The lowest BCUT2D eigenvalue weighted by atomic mass is 10.0. The maximum Gasteiger partial charge on any atom is 0.253 e. The summed E-state index contributed by atoms with van der Waals surface area (Å²) in [6.07, 6.45) is 2.15. The Balaban J connectivity index is 1.55. The minimum atomic E-state index is -0.299. The Morgan fingerprint density at radius 3 is 2.79 bits per heavy atom. The molecule has 2 aromatic heterocycles. The summed E-state index contributed by atoms with van der Waals surface area (Å²) >= 11 is 7.22. The molecule has 0 saturated heterocycles. The van der Waals surface area contributed by atoms with Crippen LogP contribution in [0.25, 0.3) is 0 Å². The predicted molar refractivity (Wildman–Crippen MR) is 113 cm³/mol. The minimum absolute atomic E-state index is 0.136. The van der Waals surface area contributed by atoms with Crippen molar-refractivity contribution in [1.29, 1.82) is 0 Å². The zero-order chi connectivity index (χ0) is 20.4. The Labute approximate surface area is 177 Å². The SMILES string of the molecule is Cc1cc(N)nc(SCC(=O)N2N=C(c3ccc(Cl)cc3)CC2c2ccco2)n1. The number of thioether (sulfide) groups is 1. The van der Waals surface area contributed by atoms with Crippen LogP contribution >= 0.6 is 23.4 Å². The molecular formula is C20H18ClN5O2S. The van der Waals surface area contributed by atoms with E-state index in [-0.39, 0.29) is 17.7 Å². The van der Waals surface area contributed by atoms with E-state index in [2.05, 4.69) is 15.1 Å². The van der Waals surface area contributed by atoms with Gasteiger partial charge in [-0.2, -0.15) is 5.10 Å². The van der Waals surface area contributed by atoms with Gasteiger partial charge in [0.05, 0.1) is 17.7 Å². The number of hydrogen-bond acceptors (Lipinski definition) is 7. The van der Waals surface area contributed by atoms with Crippen LogP contribution in [0, 0.1) is 6.92 Å². The number of nitrogens with zero attached hydrogens (tertiary/aromatic N) is 4. The first-order valence-electron chi connectivity index (χ1n) is 8.92. The first-order valence-corrected chi connectivity index (χ1v) is 10.3. The van der Waals surface area contributed by atoms with Crippen molar-refractivity contribution in [3.05, 3.63) is 70.8 Å². The monoisotopic (exact) mass is 427 g/mol. The summed E-state index contributed by atoms with van der Waals surface area (Å²) in [6, 6.07) is 12.4. The number of benzene rings is 1. The fraction of sp³-hybridized carbons (Fsp3) is 0.200. The van der Waals surface area contributed by atoms with Crippen molar-refractivity contribution in [3.63, 3.8) is 0 Å². The number of hydrogen-bond donors (Lipinski definition) is 1. The van der Waals surface area contributed by atoms with E-state index in [1.54, 1.807) is 30.5 Å². The van der Waals surface area contributed by atoms with Crippen LogP contribution in [-0.4, -0.2) is 32.3 Å². The topological polar surface area (TPSA) is 97.6 Å². The lowest BCUT2D eigenvalue weighted by Gasteiger charge is -2.19. The quantitative estimate of drug-likeness (QED) is 0.486. The van der Waals surface area contributed by atoms with Crippen molar-refractivity contribution in [2.45, 2.75) is 24.5 Å². The molecule has 0 fully saturated rings. The summed E-state index contributed by atoms with van der Waals surface area (Å²) in [6.45, 7) is 1.83. The highest BCUT2D eigenvalue weighted by atomic mass is 35.5. The number of carbonyl (C=O) groups is 1. The van der Waals surface area contributed by atoms with Crippen LogP contribution in [0.5, 0.6) is 0 Å². The van der Waals surface area contributed by atoms with Gasteiger partial charge >= 0.3 is 0 Å². The van der Waals surface area contributed by atoms with Crippen LogP contribution < -0.4 is 5.73 Å². The molecule has 3 heterocycles. The van der Waals surface area contributed by atoms with Crippen LogP contribution in [0.1, 0.15) is 29.5 Å². The number of aromatic nitrogens is 2. The zero-order valence-corrected chi connectivity index (χ0v) is 17.2. The number of anilines is 1. The van der Waals surface area contributed by atoms with E-state index >= 15 is 0 Å². The van der Waals surface area contributed by atoms with Gasteiger partial charge in [0.1, 0.15) is 17.6 Å². The molecule has 1 atom stereocenters. The Hall–Kier alpha value is -2.84. The lowest BCUT2D eigenvalue weighted by molar-refractivity contribution is -0.130. The first-order chi connectivity index (χ1) is 14.0. The van der Waals surface area contributed by atoms with Gasteiger partial charge in [0.25, 0.3) is 5.91 Å². The van der Waals surface area contributed by atoms with Crippen LogP contribution in [0.3, 0.4) is 0 Å². The van der Waals surface area contributed by atoms with E-state index in [1.165, 1.54) is 16.8 Å². The summed E-state index contributed by atoms with van der Waals surface area (Å²) < 4.78 is 5.56. The first kappa shape index (κ1) is 19.5. The van der Waals surface area contributed by atoms with Crippen molar-refractivity contribution >= 4 is 40.8 Å². The van der Waals surface area contributed by atoms with E-state index in [4.69, 9.17) is 21.8 Å². The fourth-order valence-electron chi connectivity index (χ4n) is 3.08. The Morgan fingerprint density at radius 2 is 2.10 bits per heavy atom. The van der Waals surface area contributed by atoms with Crippen LogP contribution in [0.4, 0.5) is 5.82 Å². The number of nitrogens with two attached hydrogens (primary N) is 1. The Bertz CT molecular complexity index is 1030. The molecule has 29 heavy (non-hydrogen) atoms. The summed E-state index contributed by atoms with van der Waals surface area (Å²) in [5, 5.41) is 7.19. The second kappa shape index (κ2) is 8.26. The van der Waals surface area contributed by atoms with Gasteiger partial charge in [-0.3, -0.25) is 4.79 Å². The average molecular weight is 428 g/mol. The number of hydrazone groups is 1. The van der Waals surface area contributed by atoms with Crippen molar-refractivity contribution in [1.82, 2.24) is 15.0 Å². The summed E-state index contributed by atoms with van der Waals surface area (Å²) in [5.41, 5.74) is 8.24. The largest absolute Gasteiger partial charge is 0.467 e. The molecule has 3 aromatic rings. The molecule has 2 N–H and O–H groups in total. The van der Waals surface area contributed by atoms with Crippen LogP contribution in [-0.2, 0) is 4.79 Å². The number of aryl methyl sites for hydroxylation is 1. The second-order valence-electron chi connectivity index (χ2n) is 6.53. The standard InChI is InChI=1S/C20H18ClN5O2S/c1-12-9-18(22)24-20(23-12)29-11-19(27)26-16(17-3-2-8-28-17)10-15(25-26)13-4-6-14(21)7-5-13/h2-9,16H,10-11H2,1H3,(H2,22,23,24). The molecule has 1 aliphatic heterocycles. The predicted octanol–water partition coefficient (Wildman–Crippen LogP) is 4.08. The number of nitrogen functional groups attached to an aromatic ring is 1. The molecule has 1 aliphatic rings. The molecule has 0 spiro atoms. The molecule has 0 aliphatic carbocycles. The molecular weight excluding hydrogens is 410 g/mol. The Morgan fingerprint density at radius 1 is 1.31 bits per heavy atom. The normalized spacial score (nSPS) is 16.1. The number of rotatable bonds is 5. The van der Waals surface area contributed by atoms with Gasteiger partial charge < -0.3 is 10.2 Å². The number of carbonyl (C=O) groups excluding carboxylic acids is 1. The number of amides is 1. The third-order valence-electron chi connectivity index (χ3n) is 4.39. The molecule has 1 amide bonds. The van der Waals surface area contributed by atoms with Gasteiger partial charge in [-0.05, 0) is 36.8 Å². The third-order valence-corrected chi connectivity index (χ3v) is 5.48. The second-order valence-corrected chi connectivity index (χ2v) is 7.91. The summed E-state index contributed by atoms with van der Waals surface area (Å²) in [4.78, 5) is 21.4. The highest BCUT2D eigenvalue weighted by Gasteiger charge is 2.34. The molecule has 9 heteroatoms. The highest BCUT2D eigenvalue weighted by molar-refractivity contribution is 7.99. The number of furan rings is 1. The summed E-state index contributed by atoms with van der Waals surface area (Å²) in [5.74, 6) is 1.04. The van der Waals surface area contributed by atoms with Gasteiger partial charge in [-0.25, -0.2) is 15.0 Å². The molecule has 1 aromatic carbocycles. The van der Waals surface area contributed by atoms with E-state index in [0.717, 1.165) is 17.0 Å². The summed E-state index contributed by atoms with van der Waals surface area (Å²) in [7, 11) is 0. The van der Waals surface area contributed by atoms with E-state index in [9.17, 15) is 4.79 Å². The van der Waals surface area contributed by atoms with E-state index in [1.807, 2.05) is 25.1 Å².